The maximum Gasteiger partial charge on any atom is 0.304 e. The van der Waals surface area contributed by atoms with E-state index in [2.05, 4.69) is 10.2 Å². The lowest BCUT2D eigenvalue weighted by atomic mass is 9.74. The molecule has 1 N–H and O–H groups in total. The number of rotatable bonds is 7. The average molecular weight is 502 g/mol. The molecule has 34 heavy (non-hydrogen) atoms. The third-order valence-corrected chi connectivity index (χ3v) is 6.77. The summed E-state index contributed by atoms with van der Waals surface area (Å²) >= 11 is 12.5. The van der Waals surface area contributed by atoms with Crippen molar-refractivity contribution in [1.82, 2.24) is 15.1 Å². The second kappa shape index (κ2) is 10.2. The number of carboxylic acid groups (broad SMARTS) is 1. The molecule has 1 fully saturated rings. The molecule has 1 aliphatic rings. The summed E-state index contributed by atoms with van der Waals surface area (Å²) in [5, 5.41) is 18.9. The van der Waals surface area contributed by atoms with Gasteiger partial charge in [-0.1, -0.05) is 54.4 Å². The number of halogens is 2. The van der Waals surface area contributed by atoms with Gasteiger partial charge in [0.1, 0.15) is 6.04 Å². The van der Waals surface area contributed by atoms with Crippen molar-refractivity contribution in [2.45, 2.75) is 51.1 Å². The number of aliphatic carboxylic acids is 1. The molecule has 0 aliphatic carbocycles. The van der Waals surface area contributed by atoms with Crippen molar-refractivity contribution in [3.8, 4) is 0 Å². The number of nitrogens with zero attached hydrogens (tertiary/aromatic N) is 3. The van der Waals surface area contributed by atoms with Crippen molar-refractivity contribution < 1.29 is 19.1 Å². The van der Waals surface area contributed by atoms with E-state index in [4.69, 9.17) is 27.6 Å². The molecule has 2 unspecified atom stereocenters. The van der Waals surface area contributed by atoms with Crippen molar-refractivity contribution in [3.63, 3.8) is 0 Å². The Bertz CT molecular complexity index is 1180. The minimum Gasteiger partial charge on any atom is -0.481 e. The third kappa shape index (κ3) is 4.95. The predicted molar refractivity (Wildman–Crippen MR) is 128 cm³/mol. The van der Waals surface area contributed by atoms with Crippen LogP contribution in [0, 0.1) is 12.8 Å². The minimum absolute atomic E-state index is 0.208. The Morgan fingerprint density at radius 1 is 1.15 bits per heavy atom. The largest absolute Gasteiger partial charge is 0.481 e. The number of piperidine rings is 1. The smallest absolute Gasteiger partial charge is 0.304 e. The molecule has 4 atom stereocenters. The maximum absolute atomic E-state index is 13.9. The van der Waals surface area contributed by atoms with E-state index in [0.717, 1.165) is 11.1 Å². The number of benzene rings is 2. The van der Waals surface area contributed by atoms with Gasteiger partial charge in [0.05, 0.1) is 12.5 Å². The van der Waals surface area contributed by atoms with Crippen LogP contribution < -0.4 is 0 Å². The normalized spacial score (nSPS) is 21.5. The number of aromatic nitrogens is 2. The van der Waals surface area contributed by atoms with Crippen molar-refractivity contribution in [2.75, 3.05) is 0 Å². The van der Waals surface area contributed by atoms with Gasteiger partial charge >= 0.3 is 5.97 Å². The highest BCUT2D eigenvalue weighted by Gasteiger charge is 2.47. The first-order valence-electron chi connectivity index (χ1n) is 11.1. The lowest BCUT2D eigenvalue weighted by Gasteiger charge is -2.47. The lowest BCUT2D eigenvalue weighted by Crippen LogP contribution is -2.49. The molecule has 178 valence electrons. The Hall–Kier alpha value is -2.90. The fourth-order valence-corrected chi connectivity index (χ4v) is 5.18. The molecule has 7 nitrogen and oxygen atoms in total. The van der Waals surface area contributed by atoms with Gasteiger partial charge in [-0.2, -0.15) is 0 Å². The molecular weight excluding hydrogens is 477 g/mol. The van der Waals surface area contributed by atoms with Crippen LogP contribution in [0.2, 0.25) is 10.0 Å². The number of carboxylic acids is 1. The van der Waals surface area contributed by atoms with E-state index in [9.17, 15) is 14.7 Å². The average Bonchev–Trinajstić information content (AvgIpc) is 3.23. The van der Waals surface area contributed by atoms with Crippen LogP contribution in [0.3, 0.4) is 0 Å². The Morgan fingerprint density at radius 2 is 1.88 bits per heavy atom. The van der Waals surface area contributed by atoms with Crippen molar-refractivity contribution in [1.29, 1.82) is 0 Å². The lowest BCUT2D eigenvalue weighted by molar-refractivity contribution is -0.153. The molecule has 9 heteroatoms. The standard InChI is InChI=1S/C25H25Cl2N3O4/c1-3-21(24-29-28-14(2)34-24)30-23(15-7-9-18(26)10-8-15)20(16-5-4-6-19(27)11-16)12-17(25(30)33)13-22(31)32/h4-11,17,20-21,23H,3,12-13H2,1-2H3,(H,31,32)/t17-,20-,21?,23?/m1/s1. The number of likely N-dealkylation sites (tertiary alicyclic amines) is 1. The molecule has 2 heterocycles. The molecule has 0 bridgehead atoms. The van der Waals surface area contributed by atoms with E-state index < -0.39 is 24.0 Å². The number of carbonyl (C=O) groups excluding carboxylic acids is 1. The number of aryl methyl sites for hydroxylation is 1. The summed E-state index contributed by atoms with van der Waals surface area (Å²) in [5.74, 6) is -1.45. The maximum atomic E-state index is 13.9. The molecule has 4 rings (SSSR count). The van der Waals surface area contributed by atoms with E-state index >= 15 is 0 Å². The Labute approximate surface area is 207 Å². The highest BCUT2D eigenvalue weighted by atomic mass is 35.5. The van der Waals surface area contributed by atoms with Gasteiger partial charge in [0.25, 0.3) is 0 Å². The third-order valence-electron chi connectivity index (χ3n) is 6.28. The molecule has 1 aromatic heterocycles. The van der Waals surface area contributed by atoms with E-state index in [-0.39, 0.29) is 18.2 Å². The SMILES string of the molecule is CCC(c1nnc(C)o1)N1C(=O)[C@@H](CC(=O)O)C[C@H](c2cccc(Cl)c2)C1c1ccc(Cl)cc1. The van der Waals surface area contributed by atoms with Crippen LogP contribution in [-0.2, 0) is 9.59 Å². The van der Waals surface area contributed by atoms with Crippen LogP contribution in [0.4, 0.5) is 0 Å². The van der Waals surface area contributed by atoms with Gasteiger partial charge < -0.3 is 14.4 Å². The van der Waals surface area contributed by atoms with Crippen LogP contribution in [0.15, 0.2) is 52.9 Å². The molecule has 0 radical (unpaired) electrons. The van der Waals surface area contributed by atoms with Gasteiger partial charge in [0.15, 0.2) is 0 Å². The fraction of sp³-hybridized carbons (Fsp3) is 0.360. The van der Waals surface area contributed by atoms with Gasteiger partial charge in [0.2, 0.25) is 17.7 Å². The molecule has 0 spiro atoms. The van der Waals surface area contributed by atoms with Gasteiger partial charge in [-0.3, -0.25) is 9.59 Å². The van der Waals surface area contributed by atoms with E-state index in [0.29, 0.717) is 34.7 Å². The van der Waals surface area contributed by atoms with Crippen molar-refractivity contribution in [2.24, 2.45) is 5.92 Å². The van der Waals surface area contributed by atoms with Crippen LogP contribution in [-0.4, -0.2) is 32.1 Å². The summed E-state index contributed by atoms with van der Waals surface area (Å²) in [6.07, 6.45) is 0.618. The predicted octanol–water partition coefficient (Wildman–Crippen LogP) is 5.98. The number of amides is 1. The first kappa shape index (κ1) is 24.2. The summed E-state index contributed by atoms with van der Waals surface area (Å²) in [4.78, 5) is 27.3. The minimum atomic E-state index is -1.02. The van der Waals surface area contributed by atoms with Gasteiger partial charge in [-0.15, -0.1) is 10.2 Å². The van der Waals surface area contributed by atoms with Crippen molar-refractivity contribution >= 4 is 35.1 Å². The topological polar surface area (TPSA) is 96.5 Å². The Kier molecular flexibility index (Phi) is 7.24. The van der Waals surface area contributed by atoms with E-state index in [1.54, 1.807) is 30.0 Å². The fourth-order valence-electron chi connectivity index (χ4n) is 4.85. The molecule has 3 aromatic rings. The summed E-state index contributed by atoms with van der Waals surface area (Å²) < 4.78 is 5.74. The molecule has 0 saturated carbocycles. The summed E-state index contributed by atoms with van der Waals surface area (Å²) in [6, 6.07) is 13.9. The zero-order chi connectivity index (χ0) is 24.4. The van der Waals surface area contributed by atoms with E-state index in [1.807, 2.05) is 37.3 Å². The zero-order valence-electron chi connectivity index (χ0n) is 18.8. The van der Waals surface area contributed by atoms with Gasteiger partial charge in [0, 0.05) is 28.8 Å². The summed E-state index contributed by atoms with van der Waals surface area (Å²) in [6.45, 7) is 3.63. The summed E-state index contributed by atoms with van der Waals surface area (Å²) in [5.41, 5.74) is 1.81. The summed E-state index contributed by atoms with van der Waals surface area (Å²) in [7, 11) is 0. The molecule has 1 aliphatic heterocycles. The quantitative estimate of drug-likeness (QED) is 0.427. The molecule has 1 amide bonds. The second-order valence-corrected chi connectivity index (χ2v) is 9.39. The molecule has 2 aromatic carbocycles. The molecular formula is C25H25Cl2N3O4. The second-order valence-electron chi connectivity index (χ2n) is 8.52. The number of hydrogen-bond acceptors (Lipinski definition) is 5. The van der Waals surface area contributed by atoms with Crippen molar-refractivity contribution in [3.05, 3.63) is 81.5 Å². The highest BCUT2D eigenvalue weighted by Crippen LogP contribution is 2.50. The molecule has 1 saturated heterocycles. The van der Waals surface area contributed by atoms with Crippen LogP contribution in [0.25, 0.3) is 0 Å². The van der Waals surface area contributed by atoms with E-state index in [1.165, 1.54) is 0 Å². The zero-order valence-corrected chi connectivity index (χ0v) is 20.3. The monoisotopic (exact) mass is 501 g/mol. The van der Waals surface area contributed by atoms with Crippen LogP contribution >= 0.6 is 23.2 Å². The number of carbonyl (C=O) groups is 2. The Morgan fingerprint density at radius 3 is 2.47 bits per heavy atom. The highest BCUT2D eigenvalue weighted by molar-refractivity contribution is 6.30. The van der Waals surface area contributed by atoms with Gasteiger partial charge in [-0.05, 0) is 48.2 Å². The van der Waals surface area contributed by atoms with Crippen LogP contribution in [0.1, 0.15) is 67.1 Å². The van der Waals surface area contributed by atoms with Gasteiger partial charge in [-0.25, -0.2) is 0 Å². The number of hydrogen-bond donors (Lipinski definition) is 1. The van der Waals surface area contributed by atoms with Crippen LogP contribution in [0.5, 0.6) is 0 Å². The Balaban J connectivity index is 1.90. The first-order chi connectivity index (χ1) is 16.3. The first-order valence-corrected chi connectivity index (χ1v) is 11.9.